The van der Waals surface area contributed by atoms with E-state index in [2.05, 4.69) is 20.2 Å². The van der Waals surface area contributed by atoms with E-state index in [0.717, 1.165) is 12.2 Å². The van der Waals surface area contributed by atoms with E-state index in [9.17, 15) is 14.7 Å². The van der Waals surface area contributed by atoms with Crippen LogP contribution < -0.4 is 10.9 Å². The zero-order valence-corrected chi connectivity index (χ0v) is 14.3. The maximum Gasteiger partial charge on any atom is 0.266 e. The first-order valence-corrected chi connectivity index (χ1v) is 8.81. The third-order valence-electron chi connectivity index (χ3n) is 3.97. The van der Waals surface area contributed by atoms with Crippen LogP contribution in [0.4, 0.5) is 0 Å². The summed E-state index contributed by atoms with van der Waals surface area (Å²) < 4.78 is 0. The number of amides is 1. The molecule has 0 aliphatic carbocycles. The smallest absolute Gasteiger partial charge is 0.266 e. The number of nitrogens with zero attached hydrogens (tertiary/aromatic N) is 2. The van der Waals surface area contributed by atoms with Gasteiger partial charge < -0.3 is 15.4 Å². The lowest BCUT2D eigenvalue weighted by molar-refractivity contribution is 0.0346. The molecule has 3 rings (SSSR count). The second-order valence-electron chi connectivity index (χ2n) is 5.72. The van der Waals surface area contributed by atoms with E-state index < -0.39 is 11.7 Å². The van der Waals surface area contributed by atoms with Crippen molar-refractivity contribution in [2.75, 3.05) is 13.1 Å². The van der Waals surface area contributed by atoms with Crippen LogP contribution in [0.15, 0.2) is 27.9 Å². The van der Waals surface area contributed by atoms with Gasteiger partial charge in [0.25, 0.3) is 11.5 Å². The van der Waals surface area contributed by atoms with E-state index in [1.54, 1.807) is 16.8 Å². The van der Waals surface area contributed by atoms with Crippen LogP contribution in [0.25, 0.3) is 0 Å². The van der Waals surface area contributed by atoms with Gasteiger partial charge >= 0.3 is 0 Å². The molecule has 2 aromatic rings. The molecular formula is C15H17ClN4O3S. The van der Waals surface area contributed by atoms with Gasteiger partial charge in [0, 0.05) is 31.2 Å². The Morgan fingerprint density at radius 1 is 1.58 bits per heavy atom. The quantitative estimate of drug-likeness (QED) is 0.743. The number of halogens is 1. The highest BCUT2D eigenvalue weighted by Crippen LogP contribution is 2.15. The largest absolute Gasteiger partial charge is 0.390 e. The predicted molar refractivity (Wildman–Crippen MR) is 91.3 cm³/mol. The fraction of sp³-hybridized carbons (Fsp3) is 0.400. The van der Waals surface area contributed by atoms with Crippen molar-refractivity contribution in [1.29, 1.82) is 0 Å². The van der Waals surface area contributed by atoms with Gasteiger partial charge in [0.15, 0.2) is 0 Å². The van der Waals surface area contributed by atoms with Crippen molar-refractivity contribution in [3.8, 4) is 0 Å². The lowest BCUT2D eigenvalue weighted by Crippen LogP contribution is -2.53. The Morgan fingerprint density at radius 3 is 3.08 bits per heavy atom. The highest BCUT2D eigenvalue weighted by atomic mass is 35.5. The zero-order valence-electron chi connectivity index (χ0n) is 12.7. The van der Waals surface area contributed by atoms with Gasteiger partial charge in [-0.2, -0.15) is 0 Å². The second kappa shape index (κ2) is 7.43. The Kier molecular flexibility index (Phi) is 5.30. The van der Waals surface area contributed by atoms with E-state index in [1.807, 2.05) is 5.38 Å². The SMILES string of the molecule is O=C(N[C@@H]1CCN(Cc2cscn2)C[C@H]1O)c1c[nH]c(=O)c(Cl)c1. The van der Waals surface area contributed by atoms with Crippen LogP contribution >= 0.6 is 22.9 Å². The van der Waals surface area contributed by atoms with Crippen molar-refractivity contribution in [1.82, 2.24) is 20.2 Å². The molecule has 0 saturated carbocycles. The Balaban J connectivity index is 1.57. The Bertz CT molecular complexity index is 764. The van der Waals surface area contributed by atoms with Crippen LogP contribution in [0.5, 0.6) is 0 Å². The van der Waals surface area contributed by atoms with Crippen LogP contribution in [-0.2, 0) is 6.54 Å². The van der Waals surface area contributed by atoms with Gasteiger partial charge in [0.1, 0.15) is 5.02 Å². The summed E-state index contributed by atoms with van der Waals surface area (Å²) in [7, 11) is 0. The summed E-state index contributed by atoms with van der Waals surface area (Å²) in [4.78, 5) is 32.2. The first-order chi connectivity index (χ1) is 11.5. The number of likely N-dealkylation sites (tertiary alicyclic amines) is 1. The first kappa shape index (κ1) is 17.1. The summed E-state index contributed by atoms with van der Waals surface area (Å²) in [6, 6.07) is 0.981. The maximum absolute atomic E-state index is 12.2. The molecule has 2 aromatic heterocycles. The van der Waals surface area contributed by atoms with Gasteiger partial charge in [0.05, 0.1) is 28.9 Å². The Hall–Kier alpha value is -1.74. The number of hydrogen-bond donors (Lipinski definition) is 3. The number of thiazole rings is 1. The molecule has 9 heteroatoms. The van der Waals surface area contributed by atoms with E-state index in [0.29, 0.717) is 19.5 Å². The van der Waals surface area contributed by atoms with Crippen molar-refractivity contribution in [3.63, 3.8) is 0 Å². The fourth-order valence-electron chi connectivity index (χ4n) is 2.69. The lowest BCUT2D eigenvalue weighted by atomic mass is 10.0. The number of nitrogens with one attached hydrogen (secondary N) is 2. The number of carbonyl (C=O) groups is 1. The Morgan fingerprint density at radius 2 is 2.42 bits per heavy atom. The molecule has 128 valence electrons. The average Bonchev–Trinajstić information content (AvgIpc) is 3.05. The summed E-state index contributed by atoms with van der Waals surface area (Å²) >= 11 is 7.28. The number of rotatable bonds is 4. The number of pyridine rings is 1. The second-order valence-corrected chi connectivity index (χ2v) is 6.84. The average molecular weight is 369 g/mol. The van der Waals surface area contributed by atoms with E-state index >= 15 is 0 Å². The van der Waals surface area contributed by atoms with Gasteiger partial charge in [-0.1, -0.05) is 11.6 Å². The fourth-order valence-corrected chi connectivity index (χ4v) is 3.41. The van der Waals surface area contributed by atoms with Crippen molar-refractivity contribution >= 4 is 28.8 Å². The molecule has 1 aliphatic rings. The summed E-state index contributed by atoms with van der Waals surface area (Å²) in [6.45, 7) is 1.91. The molecule has 3 heterocycles. The van der Waals surface area contributed by atoms with Gasteiger partial charge in [-0.05, 0) is 12.5 Å². The zero-order chi connectivity index (χ0) is 17.1. The highest BCUT2D eigenvalue weighted by Gasteiger charge is 2.29. The molecule has 1 saturated heterocycles. The van der Waals surface area contributed by atoms with E-state index in [1.165, 1.54) is 12.3 Å². The first-order valence-electron chi connectivity index (χ1n) is 7.49. The third kappa shape index (κ3) is 4.02. The normalized spacial score (nSPS) is 21.6. The van der Waals surface area contributed by atoms with Crippen LogP contribution in [0, 0.1) is 0 Å². The molecule has 1 amide bonds. The van der Waals surface area contributed by atoms with Crippen LogP contribution in [0.3, 0.4) is 0 Å². The molecule has 0 unspecified atom stereocenters. The molecule has 7 nitrogen and oxygen atoms in total. The molecule has 1 aliphatic heterocycles. The van der Waals surface area contributed by atoms with Crippen molar-refractivity contribution in [3.05, 3.63) is 49.8 Å². The number of β-amino-alcohol motifs (C(OH)–C–C–N with tert-alkyl or cyclic N) is 1. The van der Waals surface area contributed by atoms with Crippen LogP contribution in [0.1, 0.15) is 22.5 Å². The van der Waals surface area contributed by atoms with E-state index in [-0.39, 0.29) is 22.5 Å². The summed E-state index contributed by atoms with van der Waals surface area (Å²) in [6.07, 6.45) is 1.28. The molecule has 24 heavy (non-hydrogen) atoms. The number of aliphatic hydroxyl groups excluding tert-OH is 1. The standard InChI is InChI=1S/C15H17ClN4O3S/c16-11-3-9(4-17-15(11)23)14(22)19-12-1-2-20(6-13(12)21)5-10-7-24-8-18-10/h3-4,7-8,12-13,21H,1-2,5-6H2,(H,17,23)(H,19,22)/t12-,13-/m1/s1. The number of aromatic nitrogens is 2. The minimum Gasteiger partial charge on any atom is -0.390 e. The third-order valence-corrected chi connectivity index (χ3v) is 4.89. The molecule has 1 fully saturated rings. The molecule has 2 atom stereocenters. The molecule has 0 bridgehead atoms. The Labute approximate surface area is 147 Å². The molecule has 0 radical (unpaired) electrons. The van der Waals surface area contributed by atoms with Gasteiger partial charge in [-0.25, -0.2) is 4.98 Å². The summed E-state index contributed by atoms with van der Waals surface area (Å²) in [5.74, 6) is -0.370. The van der Waals surface area contributed by atoms with Gasteiger partial charge in [-0.15, -0.1) is 11.3 Å². The molecule has 0 aromatic carbocycles. The molecular weight excluding hydrogens is 352 g/mol. The number of aromatic amines is 1. The van der Waals surface area contributed by atoms with Gasteiger partial charge in [-0.3, -0.25) is 14.5 Å². The topological polar surface area (TPSA) is 98.3 Å². The van der Waals surface area contributed by atoms with Crippen LogP contribution in [-0.4, -0.2) is 51.1 Å². The van der Waals surface area contributed by atoms with Crippen molar-refractivity contribution < 1.29 is 9.90 Å². The number of H-pyrrole nitrogens is 1. The number of hydrogen-bond acceptors (Lipinski definition) is 6. The van der Waals surface area contributed by atoms with Crippen molar-refractivity contribution in [2.45, 2.75) is 25.1 Å². The minimum atomic E-state index is -0.667. The maximum atomic E-state index is 12.2. The summed E-state index contributed by atoms with van der Waals surface area (Å²) in [5.41, 5.74) is 2.59. The number of aliphatic hydroxyl groups is 1. The lowest BCUT2D eigenvalue weighted by Gasteiger charge is -2.35. The van der Waals surface area contributed by atoms with E-state index in [4.69, 9.17) is 11.6 Å². The molecule has 0 spiro atoms. The molecule has 3 N–H and O–H groups in total. The highest BCUT2D eigenvalue weighted by molar-refractivity contribution is 7.07. The minimum absolute atomic E-state index is 0.0405. The van der Waals surface area contributed by atoms with Crippen molar-refractivity contribution in [2.24, 2.45) is 0 Å². The monoisotopic (exact) mass is 368 g/mol. The van der Waals surface area contributed by atoms with Crippen LogP contribution in [0.2, 0.25) is 5.02 Å². The predicted octanol–water partition coefficient (Wildman–Crippen LogP) is 0.850. The van der Waals surface area contributed by atoms with Gasteiger partial charge in [0.2, 0.25) is 0 Å². The number of piperidine rings is 1. The summed E-state index contributed by atoms with van der Waals surface area (Å²) in [5, 5.41) is 15.1. The number of carbonyl (C=O) groups excluding carboxylic acids is 1.